The third-order valence-electron chi connectivity index (χ3n) is 5.02. The van der Waals surface area contributed by atoms with E-state index in [0.29, 0.717) is 12.5 Å². The molecule has 22 heavy (non-hydrogen) atoms. The normalized spacial score (nSPS) is 24.6. The van der Waals surface area contributed by atoms with E-state index in [0.717, 1.165) is 26.2 Å². The molecular formula is C17H27N3OS. The van der Waals surface area contributed by atoms with Gasteiger partial charge in [-0.05, 0) is 37.9 Å². The lowest BCUT2D eigenvalue weighted by molar-refractivity contribution is -0.132. The molecule has 0 bridgehead atoms. The van der Waals surface area contributed by atoms with Crippen molar-refractivity contribution in [3.8, 4) is 0 Å². The van der Waals surface area contributed by atoms with Crippen molar-refractivity contribution in [2.24, 2.45) is 0 Å². The molecule has 2 aliphatic heterocycles. The number of likely N-dealkylation sites (tertiary alicyclic amines) is 1. The van der Waals surface area contributed by atoms with E-state index in [9.17, 15) is 4.79 Å². The summed E-state index contributed by atoms with van der Waals surface area (Å²) in [6.45, 7) is 6.25. The second-order valence-electron chi connectivity index (χ2n) is 6.57. The molecule has 0 spiro atoms. The van der Waals surface area contributed by atoms with Crippen LogP contribution in [0.15, 0.2) is 17.5 Å². The molecule has 1 atom stereocenters. The molecule has 0 radical (unpaired) electrons. The van der Waals surface area contributed by atoms with E-state index in [-0.39, 0.29) is 5.91 Å². The average Bonchev–Trinajstić information content (AvgIpc) is 3.03. The van der Waals surface area contributed by atoms with Crippen LogP contribution in [0.25, 0.3) is 0 Å². The fraction of sp³-hybridized carbons (Fsp3) is 0.706. The Morgan fingerprint density at radius 2 is 2.05 bits per heavy atom. The van der Waals surface area contributed by atoms with Crippen LogP contribution in [0, 0.1) is 0 Å². The highest BCUT2D eigenvalue weighted by molar-refractivity contribution is 7.10. The Morgan fingerprint density at radius 1 is 1.23 bits per heavy atom. The molecule has 4 nitrogen and oxygen atoms in total. The van der Waals surface area contributed by atoms with Crippen LogP contribution < -0.4 is 0 Å². The second-order valence-corrected chi connectivity index (χ2v) is 7.60. The van der Waals surface area contributed by atoms with Gasteiger partial charge in [0.2, 0.25) is 5.91 Å². The highest BCUT2D eigenvalue weighted by atomic mass is 32.1. The molecule has 2 aliphatic rings. The summed E-state index contributed by atoms with van der Waals surface area (Å²) >= 11 is 1.68. The zero-order chi connectivity index (χ0) is 15.4. The van der Waals surface area contributed by atoms with Crippen molar-refractivity contribution in [1.82, 2.24) is 14.7 Å². The Hall–Kier alpha value is -0.910. The first kappa shape index (κ1) is 16.0. The quantitative estimate of drug-likeness (QED) is 0.848. The van der Waals surface area contributed by atoms with E-state index >= 15 is 0 Å². The largest absolute Gasteiger partial charge is 0.340 e. The number of hydrogen-bond donors (Lipinski definition) is 0. The molecule has 0 unspecified atom stereocenters. The maximum atomic E-state index is 12.3. The third kappa shape index (κ3) is 4.09. The Labute approximate surface area is 137 Å². The van der Waals surface area contributed by atoms with Crippen LogP contribution in [0.1, 0.15) is 24.1 Å². The van der Waals surface area contributed by atoms with Crippen LogP contribution in [0.2, 0.25) is 0 Å². The molecule has 3 heterocycles. The van der Waals surface area contributed by atoms with Gasteiger partial charge in [0.05, 0.1) is 6.42 Å². The molecule has 1 aromatic rings. The van der Waals surface area contributed by atoms with Crippen molar-refractivity contribution in [3.05, 3.63) is 22.4 Å². The summed E-state index contributed by atoms with van der Waals surface area (Å²) < 4.78 is 0. The first-order chi connectivity index (χ1) is 10.7. The molecule has 5 heteroatoms. The highest BCUT2D eigenvalue weighted by Gasteiger charge is 2.25. The zero-order valence-corrected chi connectivity index (χ0v) is 14.4. The lowest BCUT2D eigenvalue weighted by atomic mass is 10.0. The summed E-state index contributed by atoms with van der Waals surface area (Å²) in [6.07, 6.45) is 4.61. The van der Waals surface area contributed by atoms with Crippen molar-refractivity contribution < 1.29 is 4.79 Å². The van der Waals surface area contributed by atoms with Gasteiger partial charge in [-0.15, -0.1) is 11.3 Å². The molecule has 3 rings (SSSR count). The number of hydrogen-bond acceptors (Lipinski definition) is 4. The molecule has 0 N–H and O–H groups in total. The molecule has 1 aromatic heterocycles. The average molecular weight is 321 g/mol. The SMILES string of the molecule is CN1CCCC[C@H]1CN1CCN(C(=O)Cc2cccs2)CC1. The number of rotatable bonds is 4. The lowest BCUT2D eigenvalue weighted by Crippen LogP contribution is -2.53. The van der Waals surface area contributed by atoms with Crippen molar-refractivity contribution in [2.75, 3.05) is 46.3 Å². The van der Waals surface area contributed by atoms with E-state index in [4.69, 9.17) is 0 Å². The van der Waals surface area contributed by atoms with Gasteiger partial charge in [0.15, 0.2) is 0 Å². The van der Waals surface area contributed by atoms with E-state index in [1.54, 1.807) is 11.3 Å². The number of carbonyl (C=O) groups is 1. The van der Waals surface area contributed by atoms with E-state index in [1.807, 2.05) is 16.3 Å². The molecule has 0 saturated carbocycles. The molecule has 122 valence electrons. The van der Waals surface area contributed by atoms with Crippen molar-refractivity contribution in [3.63, 3.8) is 0 Å². The number of nitrogens with zero attached hydrogens (tertiary/aromatic N) is 3. The van der Waals surface area contributed by atoms with Crippen LogP contribution in [-0.2, 0) is 11.2 Å². The highest BCUT2D eigenvalue weighted by Crippen LogP contribution is 2.17. The molecule has 0 aliphatic carbocycles. The van der Waals surface area contributed by atoms with Crippen LogP contribution in [0.5, 0.6) is 0 Å². The maximum Gasteiger partial charge on any atom is 0.227 e. The smallest absolute Gasteiger partial charge is 0.227 e. The fourth-order valence-electron chi connectivity index (χ4n) is 3.53. The Balaban J connectivity index is 1.43. The maximum absolute atomic E-state index is 12.3. The van der Waals surface area contributed by atoms with Crippen LogP contribution >= 0.6 is 11.3 Å². The topological polar surface area (TPSA) is 26.8 Å². The van der Waals surface area contributed by atoms with E-state index in [1.165, 1.54) is 37.2 Å². The van der Waals surface area contributed by atoms with E-state index in [2.05, 4.69) is 22.9 Å². The number of likely N-dealkylation sites (N-methyl/N-ethyl adjacent to an activating group) is 1. The van der Waals surface area contributed by atoms with Gasteiger partial charge in [-0.3, -0.25) is 9.69 Å². The van der Waals surface area contributed by atoms with Gasteiger partial charge < -0.3 is 9.80 Å². The summed E-state index contributed by atoms with van der Waals surface area (Å²) in [7, 11) is 2.25. The molecule has 0 aromatic carbocycles. The van der Waals surface area contributed by atoms with Crippen molar-refractivity contribution in [1.29, 1.82) is 0 Å². The molecule has 1 amide bonds. The van der Waals surface area contributed by atoms with Crippen LogP contribution in [0.3, 0.4) is 0 Å². The van der Waals surface area contributed by atoms with Gasteiger partial charge in [0, 0.05) is 43.6 Å². The van der Waals surface area contributed by atoms with Crippen molar-refractivity contribution >= 4 is 17.2 Å². The first-order valence-corrected chi connectivity index (χ1v) is 9.33. The van der Waals surface area contributed by atoms with Crippen LogP contribution in [-0.4, -0.2) is 73.0 Å². The third-order valence-corrected chi connectivity index (χ3v) is 5.90. The molecule has 2 fully saturated rings. The summed E-state index contributed by atoms with van der Waals surface area (Å²) in [5.41, 5.74) is 0. The van der Waals surface area contributed by atoms with Crippen LogP contribution in [0.4, 0.5) is 0 Å². The Kier molecular flexibility index (Phi) is 5.50. The number of piperazine rings is 1. The van der Waals surface area contributed by atoms with E-state index < -0.39 is 0 Å². The number of piperidine rings is 1. The van der Waals surface area contributed by atoms with Gasteiger partial charge in [-0.25, -0.2) is 0 Å². The number of carbonyl (C=O) groups excluding carboxylic acids is 1. The second kappa shape index (κ2) is 7.57. The zero-order valence-electron chi connectivity index (χ0n) is 13.5. The molecular weight excluding hydrogens is 294 g/mol. The minimum atomic E-state index is 0.289. The summed E-state index contributed by atoms with van der Waals surface area (Å²) in [5.74, 6) is 0.289. The number of amides is 1. The Bertz CT molecular complexity index is 468. The molecule has 2 saturated heterocycles. The number of thiophene rings is 1. The minimum absolute atomic E-state index is 0.289. The summed E-state index contributed by atoms with van der Waals surface area (Å²) in [5, 5.41) is 2.04. The minimum Gasteiger partial charge on any atom is -0.340 e. The van der Waals surface area contributed by atoms with Gasteiger partial charge in [0.1, 0.15) is 0 Å². The monoisotopic (exact) mass is 321 g/mol. The lowest BCUT2D eigenvalue weighted by Gasteiger charge is -2.40. The predicted molar refractivity (Wildman–Crippen MR) is 91.3 cm³/mol. The summed E-state index contributed by atoms with van der Waals surface area (Å²) in [4.78, 5) is 20.6. The standard InChI is InChI=1S/C17H27N3OS/c1-18-7-3-2-5-15(18)14-19-8-10-20(11-9-19)17(21)13-16-6-4-12-22-16/h4,6,12,15H,2-3,5,7-11,13-14H2,1H3/t15-/m0/s1. The van der Waals surface area contributed by atoms with Gasteiger partial charge in [0.25, 0.3) is 0 Å². The van der Waals surface area contributed by atoms with Crippen molar-refractivity contribution in [2.45, 2.75) is 31.7 Å². The van der Waals surface area contributed by atoms with Gasteiger partial charge in [-0.1, -0.05) is 12.5 Å². The van der Waals surface area contributed by atoms with Gasteiger partial charge >= 0.3 is 0 Å². The fourth-order valence-corrected chi connectivity index (χ4v) is 4.22. The summed E-state index contributed by atoms with van der Waals surface area (Å²) in [6, 6.07) is 4.78. The first-order valence-electron chi connectivity index (χ1n) is 8.45. The van der Waals surface area contributed by atoms with Gasteiger partial charge in [-0.2, -0.15) is 0 Å². The Morgan fingerprint density at radius 3 is 2.73 bits per heavy atom. The predicted octanol–water partition coefficient (Wildman–Crippen LogP) is 1.92.